The molecule has 1 aromatic rings. The van der Waals surface area contributed by atoms with Gasteiger partial charge in [-0.3, -0.25) is 9.59 Å². The molecule has 0 atom stereocenters. The number of ketones is 1. The van der Waals surface area contributed by atoms with Crippen molar-refractivity contribution in [1.82, 2.24) is 4.31 Å². The largest absolute Gasteiger partial charge is 0.304 e. The van der Waals surface area contributed by atoms with Crippen molar-refractivity contribution in [3.05, 3.63) is 23.8 Å². The van der Waals surface area contributed by atoms with E-state index in [-0.39, 0.29) is 13.0 Å². The molecule has 5 nitrogen and oxygen atoms in total. The minimum atomic E-state index is -0.524. The van der Waals surface area contributed by atoms with Crippen LogP contribution in [0.4, 0.5) is 5.69 Å². The summed E-state index contributed by atoms with van der Waals surface area (Å²) in [6, 6.07) is 7.55. The number of carbonyl (C=O) groups is 2. The fourth-order valence-corrected chi connectivity index (χ4v) is 3.69. The first-order chi connectivity index (χ1) is 10.2. The third kappa shape index (κ3) is 2.67. The van der Waals surface area contributed by atoms with Crippen LogP contribution < -0.4 is 4.90 Å². The van der Waals surface area contributed by atoms with Crippen molar-refractivity contribution < 1.29 is 9.59 Å². The Bertz CT molecular complexity index is 632. The highest BCUT2D eigenvalue weighted by molar-refractivity contribution is 7.97. The van der Waals surface area contributed by atoms with Gasteiger partial charge >= 0.3 is 0 Å². The Hall–Kier alpha value is -1.84. The van der Waals surface area contributed by atoms with Gasteiger partial charge in [-0.15, -0.1) is 0 Å². The number of Topliss-reactive ketones (excluding diaryl/α,β-unsaturated/α-hetero) is 1. The van der Waals surface area contributed by atoms with Gasteiger partial charge in [-0.2, -0.15) is 5.26 Å². The van der Waals surface area contributed by atoms with E-state index in [1.54, 1.807) is 18.0 Å². The van der Waals surface area contributed by atoms with Gasteiger partial charge in [0, 0.05) is 24.5 Å². The predicted octanol–water partition coefficient (Wildman–Crippen LogP) is 2.23. The van der Waals surface area contributed by atoms with Gasteiger partial charge in [0.2, 0.25) is 0 Å². The second kappa shape index (κ2) is 5.88. The summed E-state index contributed by atoms with van der Waals surface area (Å²) in [6.45, 7) is 2.39. The Balaban J connectivity index is 1.83. The maximum Gasteiger partial charge on any atom is 0.299 e. The number of hydrogen-bond donors (Lipinski definition) is 0. The fraction of sp³-hybridized carbons (Fsp3) is 0.400. The summed E-state index contributed by atoms with van der Waals surface area (Å²) in [7, 11) is 0. The average molecular weight is 301 g/mol. The monoisotopic (exact) mass is 301 g/mol. The molecular weight excluding hydrogens is 286 g/mol. The van der Waals surface area contributed by atoms with Crippen molar-refractivity contribution in [3.8, 4) is 6.07 Å². The van der Waals surface area contributed by atoms with E-state index in [4.69, 9.17) is 5.26 Å². The molecule has 0 aromatic heterocycles. The van der Waals surface area contributed by atoms with Crippen LogP contribution in [0.1, 0.15) is 29.6 Å². The Morgan fingerprint density at radius 3 is 2.71 bits per heavy atom. The van der Waals surface area contributed by atoms with E-state index >= 15 is 0 Å². The van der Waals surface area contributed by atoms with Crippen molar-refractivity contribution in [2.45, 2.75) is 24.2 Å². The molecule has 6 heteroatoms. The molecule has 108 valence electrons. The number of rotatable bonds is 4. The first kappa shape index (κ1) is 14.1. The first-order valence-corrected chi connectivity index (χ1v) is 7.78. The van der Waals surface area contributed by atoms with Crippen LogP contribution in [0.3, 0.4) is 0 Å². The van der Waals surface area contributed by atoms with Crippen LogP contribution in [0, 0.1) is 11.3 Å². The van der Waals surface area contributed by atoms with Crippen molar-refractivity contribution in [1.29, 1.82) is 5.26 Å². The van der Waals surface area contributed by atoms with Gasteiger partial charge in [0.05, 0.1) is 23.7 Å². The van der Waals surface area contributed by atoms with E-state index in [0.717, 1.165) is 18.0 Å². The Morgan fingerprint density at radius 2 is 2.00 bits per heavy atom. The van der Waals surface area contributed by atoms with Gasteiger partial charge in [-0.1, -0.05) is 0 Å². The van der Waals surface area contributed by atoms with Crippen LogP contribution in [0.2, 0.25) is 0 Å². The molecule has 1 aromatic carbocycles. The fourth-order valence-electron chi connectivity index (χ4n) is 2.65. The van der Waals surface area contributed by atoms with E-state index in [1.807, 2.05) is 18.2 Å². The summed E-state index contributed by atoms with van der Waals surface area (Å²) in [4.78, 5) is 26.4. The standard InChI is InChI=1S/C15H15N3O2S/c16-6-3-9-18-13-5-4-11(21-17-7-1-2-8-17)10-12(13)14(19)15(18)20/h4-5,10H,1-3,7-9H2. The molecule has 1 amide bonds. The van der Waals surface area contributed by atoms with Gasteiger partial charge < -0.3 is 4.90 Å². The summed E-state index contributed by atoms with van der Waals surface area (Å²) >= 11 is 1.64. The molecule has 21 heavy (non-hydrogen) atoms. The third-order valence-corrected chi connectivity index (χ3v) is 4.78. The molecule has 1 saturated heterocycles. The topological polar surface area (TPSA) is 64.4 Å². The van der Waals surface area contributed by atoms with Crippen molar-refractivity contribution in [3.63, 3.8) is 0 Å². The van der Waals surface area contributed by atoms with Crippen LogP contribution in [-0.2, 0) is 4.79 Å². The number of hydrogen-bond acceptors (Lipinski definition) is 5. The molecule has 0 radical (unpaired) electrons. The Labute approximate surface area is 127 Å². The summed E-state index contributed by atoms with van der Waals surface area (Å²) in [5.41, 5.74) is 1.09. The minimum absolute atomic E-state index is 0.225. The third-order valence-electron chi connectivity index (χ3n) is 3.69. The maximum absolute atomic E-state index is 12.1. The smallest absolute Gasteiger partial charge is 0.299 e. The zero-order valence-electron chi connectivity index (χ0n) is 11.5. The summed E-state index contributed by atoms with van der Waals surface area (Å²) in [5, 5.41) is 8.65. The number of nitrogens with zero attached hydrogens (tertiary/aromatic N) is 3. The zero-order valence-corrected chi connectivity index (χ0v) is 12.4. The van der Waals surface area contributed by atoms with E-state index in [1.165, 1.54) is 17.7 Å². The van der Waals surface area contributed by atoms with Gasteiger partial charge in [0.15, 0.2) is 0 Å². The molecule has 0 N–H and O–H groups in total. The highest BCUT2D eigenvalue weighted by Gasteiger charge is 2.35. The van der Waals surface area contributed by atoms with Gasteiger partial charge in [0.1, 0.15) is 0 Å². The molecule has 0 saturated carbocycles. The highest BCUT2D eigenvalue weighted by Crippen LogP contribution is 2.34. The van der Waals surface area contributed by atoms with E-state index < -0.39 is 11.7 Å². The van der Waals surface area contributed by atoms with E-state index in [2.05, 4.69) is 4.31 Å². The number of nitriles is 1. The lowest BCUT2D eigenvalue weighted by molar-refractivity contribution is -0.114. The van der Waals surface area contributed by atoms with Crippen molar-refractivity contribution in [2.75, 3.05) is 24.5 Å². The van der Waals surface area contributed by atoms with Crippen LogP contribution in [0.5, 0.6) is 0 Å². The molecule has 0 aliphatic carbocycles. The highest BCUT2D eigenvalue weighted by atomic mass is 32.2. The second-order valence-electron chi connectivity index (χ2n) is 5.10. The minimum Gasteiger partial charge on any atom is -0.304 e. The average Bonchev–Trinajstić information content (AvgIpc) is 3.07. The normalized spacial score (nSPS) is 18.1. The number of carbonyl (C=O) groups excluding carboxylic acids is 2. The molecule has 2 aliphatic heterocycles. The molecule has 2 aliphatic rings. The van der Waals surface area contributed by atoms with Crippen LogP contribution in [0.15, 0.2) is 23.1 Å². The SMILES string of the molecule is N#CCCN1C(=O)C(=O)c2cc(SN3CCCC3)ccc21. The lowest BCUT2D eigenvalue weighted by Gasteiger charge is -2.16. The molecular formula is C15H15N3O2S. The molecule has 3 rings (SSSR count). The molecule has 0 spiro atoms. The summed E-state index contributed by atoms with van der Waals surface area (Å²) < 4.78 is 2.27. The lowest BCUT2D eigenvalue weighted by atomic mass is 10.1. The predicted molar refractivity (Wildman–Crippen MR) is 80.0 cm³/mol. The molecule has 0 unspecified atom stereocenters. The molecule has 2 heterocycles. The number of fused-ring (bicyclic) bond motifs is 1. The second-order valence-corrected chi connectivity index (χ2v) is 6.27. The molecule has 0 bridgehead atoms. The van der Waals surface area contributed by atoms with Crippen LogP contribution in [-0.4, -0.2) is 35.6 Å². The quantitative estimate of drug-likeness (QED) is 0.630. The lowest BCUT2D eigenvalue weighted by Crippen LogP contribution is -2.30. The van der Waals surface area contributed by atoms with Gasteiger partial charge in [-0.25, -0.2) is 4.31 Å². The zero-order chi connectivity index (χ0) is 14.8. The Kier molecular flexibility index (Phi) is 3.95. The number of amides is 1. The van der Waals surface area contributed by atoms with Crippen molar-refractivity contribution in [2.24, 2.45) is 0 Å². The van der Waals surface area contributed by atoms with E-state index in [9.17, 15) is 9.59 Å². The van der Waals surface area contributed by atoms with Gasteiger partial charge in [-0.05, 0) is 43.0 Å². The maximum atomic E-state index is 12.1. The number of benzene rings is 1. The Morgan fingerprint density at radius 1 is 1.24 bits per heavy atom. The van der Waals surface area contributed by atoms with Gasteiger partial charge in [0.25, 0.3) is 11.7 Å². The van der Waals surface area contributed by atoms with Crippen LogP contribution in [0.25, 0.3) is 0 Å². The summed E-state index contributed by atoms with van der Waals surface area (Å²) in [5.74, 6) is -0.990. The number of anilines is 1. The van der Waals surface area contributed by atoms with E-state index in [0.29, 0.717) is 11.3 Å². The van der Waals surface area contributed by atoms with Crippen LogP contribution >= 0.6 is 11.9 Å². The summed E-state index contributed by atoms with van der Waals surface area (Å²) in [6.07, 6.45) is 2.64. The van der Waals surface area contributed by atoms with Crippen molar-refractivity contribution >= 4 is 29.3 Å². The molecule has 1 fully saturated rings. The first-order valence-electron chi connectivity index (χ1n) is 7.01.